The molecular formula is C13H13BrN2O3S. The molecule has 1 aromatic heterocycles. The minimum absolute atomic E-state index is 0.0733. The highest BCUT2D eigenvalue weighted by molar-refractivity contribution is 9.10. The first-order valence-corrected chi connectivity index (χ1v) is 8.08. The summed E-state index contributed by atoms with van der Waals surface area (Å²) in [5.74, 6) is 0. The largest absolute Gasteiger partial charge is 0.392 e. The van der Waals surface area contributed by atoms with E-state index in [0.29, 0.717) is 4.47 Å². The maximum absolute atomic E-state index is 12.1. The van der Waals surface area contributed by atoms with Gasteiger partial charge < -0.3 is 5.11 Å². The highest BCUT2D eigenvalue weighted by atomic mass is 79.9. The van der Waals surface area contributed by atoms with E-state index in [1.807, 2.05) is 0 Å². The van der Waals surface area contributed by atoms with Crippen molar-refractivity contribution in [1.29, 1.82) is 0 Å². The lowest BCUT2D eigenvalue weighted by Crippen LogP contribution is -2.23. The van der Waals surface area contributed by atoms with Crippen LogP contribution < -0.4 is 4.72 Å². The monoisotopic (exact) mass is 356 g/mol. The molecule has 0 fully saturated rings. The molecule has 0 amide bonds. The summed E-state index contributed by atoms with van der Waals surface area (Å²) in [4.78, 5) is 3.94. The first-order chi connectivity index (χ1) is 9.51. The van der Waals surface area contributed by atoms with Crippen molar-refractivity contribution in [2.75, 3.05) is 0 Å². The van der Waals surface area contributed by atoms with Gasteiger partial charge in [-0.1, -0.05) is 24.3 Å². The Bertz CT molecular complexity index is 704. The number of aliphatic hydroxyl groups excluding tert-OH is 1. The summed E-state index contributed by atoms with van der Waals surface area (Å²) >= 11 is 3.19. The van der Waals surface area contributed by atoms with Gasteiger partial charge in [-0.25, -0.2) is 13.1 Å². The van der Waals surface area contributed by atoms with Crippen LogP contribution in [0.25, 0.3) is 0 Å². The van der Waals surface area contributed by atoms with Crippen molar-refractivity contribution >= 4 is 26.0 Å². The lowest BCUT2D eigenvalue weighted by Gasteiger charge is -2.07. The second-order valence-corrected chi connectivity index (χ2v) is 6.82. The van der Waals surface area contributed by atoms with E-state index in [1.54, 1.807) is 24.3 Å². The van der Waals surface area contributed by atoms with Gasteiger partial charge in [0, 0.05) is 23.4 Å². The molecule has 0 aliphatic carbocycles. The molecule has 0 saturated carbocycles. The van der Waals surface area contributed by atoms with Gasteiger partial charge in [-0.2, -0.15) is 0 Å². The number of aliphatic hydroxyl groups is 1. The third-order valence-corrected chi connectivity index (χ3v) is 4.43. The van der Waals surface area contributed by atoms with E-state index in [-0.39, 0.29) is 18.0 Å². The Morgan fingerprint density at radius 3 is 2.65 bits per heavy atom. The van der Waals surface area contributed by atoms with Gasteiger partial charge in [0.2, 0.25) is 10.0 Å². The number of nitrogens with zero attached hydrogens (tertiary/aromatic N) is 1. The maximum Gasteiger partial charge on any atom is 0.242 e. The van der Waals surface area contributed by atoms with Gasteiger partial charge in [-0.15, -0.1) is 0 Å². The first kappa shape index (κ1) is 15.1. The van der Waals surface area contributed by atoms with Crippen LogP contribution in [0.3, 0.4) is 0 Å². The zero-order chi connectivity index (χ0) is 14.6. The van der Waals surface area contributed by atoms with Gasteiger partial charge in [-0.3, -0.25) is 4.98 Å². The second-order valence-electron chi connectivity index (χ2n) is 4.14. The van der Waals surface area contributed by atoms with E-state index in [1.165, 1.54) is 18.5 Å². The fourth-order valence-corrected chi connectivity index (χ4v) is 3.16. The third kappa shape index (κ3) is 3.86. The number of hydrogen-bond acceptors (Lipinski definition) is 4. The fraction of sp³-hybridized carbons (Fsp3) is 0.154. The highest BCUT2D eigenvalue weighted by Crippen LogP contribution is 2.14. The summed E-state index contributed by atoms with van der Waals surface area (Å²) in [7, 11) is -3.61. The van der Waals surface area contributed by atoms with Crippen LogP contribution in [0.2, 0.25) is 0 Å². The molecule has 5 nitrogen and oxygen atoms in total. The number of sulfonamides is 1. The van der Waals surface area contributed by atoms with Crippen molar-refractivity contribution in [1.82, 2.24) is 9.71 Å². The minimum atomic E-state index is -3.61. The number of halogens is 1. The second kappa shape index (κ2) is 6.45. The predicted molar refractivity (Wildman–Crippen MR) is 78.3 cm³/mol. The molecule has 0 spiro atoms. The number of rotatable bonds is 5. The zero-order valence-electron chi connectivity index (χ0n) is 10.5. The Balaban J connectivity index is 2.13. The zero-order valence-corrected chi connectivity index (χ0v) is 12.9. The smallest absolute Gasteiger partial charge is 0.242 e. The standard InChI is InChI=1S/C13H13BrN2O3S/c14-12-5-13(8-15-7-12)20(18,19)16-6-10-2-1-3-11(4-10)9-17/h1-5,7-8,16-17H,6,9H2. The van der Waals surface area contributed by atoms with Crippen LogP contribution in [0.4, 0.5) is 0 Å². The topological polar surface area (TPSA) is 79.3 Å². The first-order valence-electron chi connectivity index (χ1n) is 5.80. The SMILES string of the molecule is O=S(=O)(NCc1cccc(CO)c1)c1cncc(Br)c1. The molecule has 0 radical (unpaired) electrons. The summed E-state index contributed by atoms with van der Waals surface area (Å²) in [6, 6.07) is 8.58. The average Bonchev–Trinajstić information content (AvgIpc) is 2.45. The highest BCUT2D eigenvalue weighted by Gasteiger charge is 2.14. The van der Waals surface area contributed by atoms with Gasteiger partial charge >= 0.3 is 0 Å². The Hall–Kier alpha value is -1.28. The number of aromatic nitrogens is 1. The van der Waals surface area contributed by atoms with Crippen LogP contribution in [0.1, 0.15) is 11.1 Å². The molecule has 0 aliphatic heterocycles. The molecule has 20 heavy (non-hydrogen) atoms. The molecule has 0 aliphatic rings. The molecule has 0 saturated heterocycles. The Morgan fingerprint density at radius 1 is 1.20 bits per heavy atom. The van der Waals surface area contributed by atoms with Crippen LogP contribution in [-0.2, 0) is 23.2 Å². The maximum atomic E-state index is 12.1. The Kier molecular flexibility index (Phi) is 4.87. The number of pyridine rings is 1. The van der Waals surface area contributed by atoms with Gasteiger partial charge in [0.15, 0.2) is 0 Å². The normalized spacial score (nSPS) is 11.5. The molecular weight excluding hydrogens is 344 g/mol. The van der Waals surface area contributed by atoms with E-state index >= 15 is 0 Å². The van der Waals surface area contributed by atoms with E-state index in [4.69, 9.17) is 5.11 Å². The van der Waals surface area contributed by atoms with Gasteiger partial charge in [-0.05, 0) is 33.1 Å². The van der Waals surface area contributed by atoms with Crippen molar-refractivity contribution in [3.05, 3.63) is 58.3 Å². The van der Waals surface area contributed by atoms with E-state index in [2.05, 4.69) is 25.6 Å². The molecule has 2 aromatic rings. The van der Waals surface area contributed by atoms with Crippen molar-refractivity contribution < 1.29 is 13.5 Å². The van der Waals surface area contributed by atoms with Crippen LogP contribution in [-0.4, -0.2) is 18.5 Å². The van der Waals surface area contributed by atoms with E-state index < -0.39 is 10.0 Å². The van der Waals surface area contributed by atoms with Crippen LogP contribution in [0, 0.1) is 0 Å². The number of benzene rings is 1. The molecule has 2 rings (SSSR count). The van der Waals surface area contributed by atoms with Crippen molar-refractivity contribution in [3.8, 4) is 0 Å². The van der Waals surface area contributed by atoms with Crippen molar-refractivity contribution in [2.45, 2.75) is 18.0 Å². The van der Waals surface area contributed by atoms with E-state index in [0.717, 1.165) is 11.1 Å². The lowest BCUT2D eigenvalue weighted by molar-refractivity contribution is 0.281. The van der Waals surface area contributed by atoms with Gasteiger partial charge in [0.1, 0.15) is 4.90 Å². The Morgan fingerprint density at radius 2 is 1.95 bits per heavy atom. The fourth-order valence-electron chi connectivity index (χ4n) is 1.64. The molecule has 106 valence electrons. The number of nitrogens with one attached hydrogen (secondary N) is 1. The Labute approximate surface area is 125 Å². The van der Waals surface area contributed by atoms with Crippen molar-refractivity contribution in [2.24, 2.45) is 0 Å². The van der Waals surface area contributed by atoms with Crippen LogP contribution in [0.5, 0.6) is 0 Å². The summed E-state index contributed by atoms with van der Waals surface area (Å²) in [5, 5.41) is 9.05. The van der Waals surface area contributed by atoms with Crippen LogP contribution >= 0.6 is 15.9 Å². The summed E-state index contributed by atoms with van der Waals surface area (Å²) < 4.78 is 27.3. The number of hydrogen-bond donors (Lipinski definition) is 2. The molecule has 1 aromatic carbocycles. The lowest BCUT2D eigenvalue weighted by atomic mass is 10.1. The third-order valence-electron chi connectivity index (χ3n) is 2.63. The minimum Gasteiger partial charge on any atom is -0.392 e. The molecule has 0 atom stereocenters. The van der Waals surface area contributed by atoms with Gasteiger partial charge in [0.05, 0.1) is 6.61 Å². The molecule has 0 bridgehead atoms. The predicted octanol–water partition coefficient (Wildman–Crippen LogP) is 1.81. The van der Waals surface area contributed by atoms with Crippen molar-refractivity contribution in [3.63, 3.8) is 0 Å². The summed E-state index contributed by atoms with van der Waals surface area (Å²) in [6.45, 7) is 0.0822. The van der Waals surface area contributed by atoms with Crippen LogP contribution in [0.15, 0.2) is 52.1 Å². The quantitative estimate of drug-likeness (QED) is 0.856. The van der Waals surface area contributed by atoms with Gasteiger partial charge in [0.25, 0.3) is 0 Å². The summed E-state index contributed by atoms with van der Waals surface area (Å²) in [6.07, 6.45) is 2.81. The molecule has 2 N–H and O–H groups in total. The average molecular weight is 357 g/mol. The molecule has 0 unspecified atom stereocenters. The van der Waals surface area contributed by atoms with E-state index in [9.17, 15) is 8.42 Å². The molecule has 1 heterocycles. The molecule has 7 heteroatoms. The summed E-state index contributed by atoms with van der Waals surface area (Å²) in [5.41, 5.74) is 1.52.